The van der Waals surface area contributed by atoms with E-state index in [0.717, 1.165) is 0 Å². The molecule has 94 valence electrons. The second kappa shape index (κ2) is 6.39. The topological polar surface area (TPSA) is 63.4 Å². The van der Waals surface area contributed by atoms with E-state index in [-0.39, 0.29) is 11.5 Å². The highest BCUT2D eigenvalue weighted by molar-refractivity contribution is 6.06. The van der Waals surface area contributed by atoms with Crippen molar-refractivity contribution in [1.29, 1.82) is 0 Å². The third kappa shape index (κ3) is 3.07. The highest BCUT2D eigenvalue weighted by Gasteiger charge is 2.18. The number of hydrogen-bond donors (Lipinski definition) is 1. The summed E-state index contributed by atoms with van der Waals surface area (Å²) in [5, 5.41) is 0. The first kappa shape index (κ1) is 13.7. The largest absolute Gasteiger partial charge is 0.366 e. The summed E-state index contributed by atoms with van der Waals surface area (Å²) in [5.41, 5.74) is 5.77. The number of carbonyl (C=O) groups excluding carboxylic acids is 2. The zero-order valence-corrected chi connectivity index (χ0v) is 10.1. The van der Waals surface area contributed by atoms with Gasteiger partial charge in [-0.15, -0.1) is 13.2 Å². The van der Waals surface area contributed by atoms with E-state index in [9.17, 15) is 9.59 Å². The van der Waals surface area contributed by atoms with Gasteiger partial charge in [-0.1, -0.05) is 24.3 Å². The van der Waals surface area contributed by atoms with Gasteiger partial charge >= 0.3 is 0 Å². The fourth-order valence-corrected chi connectivity index (χ4v) is 1.61. The van der Waals surface area contributed by atoms with Crippen LogP contribution in [0.3, 0.4) is 0 Å². The SMILES string of the molecule is C=CCN(CC=C)C(=O)c1ccccc1C(N)=O. The summed E-state index contributed by atoms with van der Waals surface area (Å²) in [6, 6.07) is 6.49. The lowest BCUT2D eigenvalue weighted by molar-refractivity contribution is 0.0785. The first-order chi connectivity index (χ1) is 8.61. The van der Waals surface area contributed by atoms with Gasteiger partial charge in [0.2, 0.25) is 5.91 Å². The van der Waals surface area contributed by atoms with Crippen molar-refractivity contribution >= 4 is 11.8 Å². The Morgan fingerprint density at radius 2 is 1.61 bits per heavy atom. The third-order valence-electron chi connectivity index (χ3n) is 2.41. The van der Waals surface area contributed by atoms with Crippen molar-refractivity contribution in [3.8, 4) is 0 Å². The van der Waals surface area contributed by atoms with Crippen molar-refractivity contribution in [2.24, 2.45) is 5.73 Å². The van der Waals surface area contributed by atoms with Crippen molar-refractivity contribution in [2.45, 2.75) is 0 Å². The zero-order chi connectivity index (χ0) is 13.5. The number of nitrogens with zero attached hydrogens (tertiary/aromatic N) is 1. The van der Waals surface area contributed by atoms with Gasteiger partial charge in [0.1, 0.15) is 0 Å². The molecule has 0 spiro atoms. The standard InChI is InChI=1S/C14H16N2O2/c1-3-9-16(10-4-2)14(18)12-8-6-5-7-11(12)13(15)17/h3-8H,1-2,9-10H2,(H2,15,17). The number of nitrogens with two attached hydrogens (primary N) is 1. The summed E-state index contributed by atoms with van der Waals surface area (Å²) in [5.74, 6) is -0.875. The maximum Gasteiger partial charge on any atom is 0.255 e. The predicted molar refractivity (Wildman–Crippen MR) is 71.3 cm³/mol. The maximum atomic E-state index is 12.3. The quantitative estimate of drug-likeness (QED) is 0.772. The molecular formula is C14H16N2O2. The van der Waals surface area contributed by atoms with Crippen LogP contribution >= 0.6 is 0 Å². The summed E-state index contributed by atoms with van der Waals surface area (Å²) in [7, 11) is 0. The Morgan fingerprint density at radius 3 is 2.06 bits per heavy atom. The van der Waals surface area contributed by atoms with Crippen LogP contribution < -0.4 is 5.73 Å². The first-order valence-electron chi connectivity index (χ1n) is 5.51. The van der Waals surface area contributed by atoms with Gasteiger partial charge in [-0.2, -0.15) is 0 Å². The molecule has 0 atom stereocenters. The minimum atomic E-state index is -0.615. The molecule has 0 aliphatic heterocycles. The Kier molecular flexibility index (Phi) is 4.87. The Labute approximate surface area is 106 Å². The van der Waals surface area contributed by atoms with Crippen LogP contribution in [0.4, 0.5) is 0 Å². The average molecular weight is 244 g/mol. The lowest BCUT2D eigenvalue weighted by atomic mass is 10.1. The van der Waals surface area contributed by atoms with Crippen molar-refractivity contribution in [3.63, 3.8) is 0 Å². The summed E-state index contributed by atoms with van der Waals surface area (Å²) in [6.07, 6.45) is 3.24. The van der Waals surface area contributed by atoms with Gasteiger partial charge < -0.3 is 10.6 Å². The van der Waals surface area contributed by atoms with E-state index >= 15 is 0 Å². The van der Waals surface area contributed by atoms with Crippen LogP contribution in [0.2, 0.25) is 0 Å². The van der Waals surface area contributed by atoms with Crippen LogP contribution in [0.1, 0.15) is 20.7 Å². The van der Waals surface area contributed by atoms with E-state index in [4.69, 9.17) is 5.73 Å². The van der Waals surface area contributed by atoms with Gasteiger partial charge in [0, 0.05) is 13.1 Å². The molecule has 4 heteroatoms. The molecule has 0 heterocycles. The molecule has 0 bridgehead atoms. The molecule has 0 aliphatic rings. The van der Waals surface area contributed by atoms with Crippen molar-refractivity contribution in [2.75, 3.05) is 13.1 Å². The molecule has 18 heavy (non-hydrogen) atoms. The fourth-order valence-electron chi connectivity index (χ4n) is 1.61. The number of amides is 2. The molecule has 0 aromatic heterocycles. The third-order valence-corrected chi connectivity index (χ3v) is 2.41. The Bertz CT molecular complexity index is 470. The Balaban J connectivity index is 3.11. The Morgan fingerprint density at radius 1 is 1.11 bits per heavy atom. The van der Waals surface area contributed by atoms with E-state index in [1.165, 1.54) is 11.0 Å². The molecule has 1 aromatic carbocycles. The normalized spacial score (nSPS) is 9.56. The second-order valence-electron chi connectivity index (χ2n) is 3.70. The number of carbonyl (C=O) groups is 2. The fraction of sp³-hybridized carbons (Fsp3) is 0.143. The van der Waals surface area contributed by atoms with Crippen LogP contribution in [-0.4, -0.2) is 29.8 Å². The summed E-state index contributed by atoms with van der Waals surface area (Å²) in [6.45, 7) is 7.97. The molecule has 2 amide bonds. The summed E-state index contributed by atoms with van der Waals surface area (Å²) in [4.78, 5) is 25.1. The van der Waals surface area contributed by atoms with Crippen molar-refractivity contribution in [1.82, 2.24) is 4.90 Å². The lowest BCUT2D eigenvalue weighted by Gasteiger charge is -2.20. The van der Waals surface area contributed by atoms with Gasteiger partial charge in [0.05, 0.1) is 11.1 Å². The molecular weight excluding hydrogens is 228 g/mol. The van der Waals surface area contributed by atoms with Crippen LogP contribution in [0.15, 0.2) is 49.6 Å². The van der Waals surface area contributed by atoms with Gasteiger partial charge in [0.25, 0.3) is 5.91 Å². The molecule has 4 nitrogen and oxygen atoms in total. The van der Waals surface area contributed by atoms with Gasteiger partial charge in [-0.25, -0.2) is 0 Å². The Hall–Kier alpha value is -2.36. The van der Waals surface area contributed by atoms with Crippen LogP contribution in [0.25, 0.3) is 0 Å². The van der Waals surface area contributed by atoms with Crippen LogP contribution in [0, 0.1) is 0 Å². The molecule has 0 saturated heterocycles. The highest BCUT2D eigenvalue weighted by atomic mass is 16.2. The maximum absolute atomic E-state index is 12.3. The number of hydrogen-bond acceptors (Lipinski definition) is 2. The van der Waals surface area contributed by atoms with Crippen LogP contribution in [0.5, 0.6) is 0 Å². The highest BCUT2D eigenvalue weighted by Crippen LogP contribution is 2.11. The summed E-state index contributed by atoms with van der Waals surface area (Å²) >= 11 is 0. The van der Waals surface area contributed by atoms with Crippen molar-refractivity contribution in [3.05, 3.63) is 60.7 Å². The van der Waals surface area contributed by atoms with E-state index in [2.05, 4.69) is 13.2 Å². The molecule has 0 radical (unpaired) electrons. The minimum absolute atomic E-state index is 0.223. The molecule has 2 N–H and O–H groups in total. The minimum Gasteiger partial charge on any atom is -0.366 e. The second-order valence-corrected chi connectivity index (χ2v) is 3.70. The molecule has 0 aliphatic carbocycles. The zero-order valence-electron chi connectivity index (χ0n) is 10.1. The van der Waals surface area contributed by atoms with E-state index in [0.29, 0.717) is 18.7 Å². The smallest absolute Gasteiger partial charge is 0.255 e. The monoisotopic (exact) mass is 244 g/mol. The number of primary amides is 1. The molecule has 0 unspecified atom stereocenters. The molecule has 1 rings (SSSR count). The molecule has 1 aromatic rings. The van der Waals surface area contributed by atoms with E-state index in [1.807, 2.05) is 0 Å². The number of rotatable bonds is 6. The predicted octanol–water partition coefficient (Wildman–Crippen LogP) is 1.60. The van der Waals surface area contributed by atoms with Gasteiger partial charge in [0.15, 0.2) is 0 Å². The first-order valence-corrected chi connectivity index (χ1v) is 5.51. The van der Waals surface area contributed by atoms with E-state index in [1.54, 1.807) is 30.4 Å². The van der Waals surface area contributed by atoms with E-state index < -0.39 is 5.91 Å². The van der Waals surface area contributed by atoms with Gasteiger partial charge in [-0.05, 0) is 12.1 Å². The average Bonchev–Trinajstić information content (AvgIpc) is 2.37. The lowest BCUT2D eigenvalue weighted by Crippen LogP contribution is -2.33. The molecule has 0 fully saturated rings. The van der Waals surface area contributed by atoms with Crippen molar-refractivity contribution < 1.29 is 9.59 Å². The summed E-state index contributed by atoms with van der Waals surface area (Å²) < 4.78 is 0. The molecule has 0 saturated carbocycles. The van der Waals surface area contributed by atoms with Crippen LogP contribution in [-0.2, 0) is 0 Å². The number of benzene rings is 1. The van der Waals surface area contributed by atoms with Gasteiger partial charge in [-0.3, -0.25) is 9.59 Å².